The first-order valence-corrected chi connectivity index (χ1v) is 4.73. The van der Waals surface area contributed by atoms with Crippen LogP contribution >= 0.6 is 0 Å². The van der Waals surface area contributed by atoms with Gasteiger partial charge in [-0.1, -0.05) is 26.7 Å². The Morgan fingerprint density at radius 1 is 1.46 bits per heavy atom. The first-order chi connectivity index (χ1) is 5.85. The first-order valence-electron chi connectivity index (χ1n) is 4.73. The van der Waals surface area contributed by atoms with Gasteiger partial charge in [0, 0.05) is 6.54 Å². The predicted octanol–water partition coefficient (Wildman–Crippen LogP) is 1.39. The standard InChI is InChI=1S/C11H21NO/c1-6-9(2)12-8-10(13)7-11(3,4)5/h1,9-10,12-13H,7-8H2,2-5H3. The van der Waals surface area contributed by atoms with Crippen molar-refractivity contribution in [2.75, 3.05) is 6.54 Å². The lowest BCUT2D eigenvalue weighted by molar-refractivity contribution is 0.119. The molecule has 0 aromatic carbocycles. The van der Waals surface area contributed by atoms with E-state index >= 15 is 0 Å². The molecule has 0 aliphatic heterocycles. The van der Waals surface area contributed by atoms with E-state index in [-0.39, 0.29) is 17.6 Å². The molecule has 0 saturated heterocycles. The van der Waals surface area contributed by atoms with Crippen LogP contribution < -0.4 is 5.32 Å². The second kappa shape index (κ2) is 5.26. The van der Waals surface area contributed by atoms with Crippen LogP contribution in [-0.2, 0) is 0 Å². The van der Waals surface area contributed by atoms with Gasteiger partial charge in [0.15, 0.2) is 0 Å². The fourth-order valence-electron chi connectivity index (χ4n) is 1.15. The van der Waals surface area contributed by atoms with Gasteiger partial charge in [-0.2, -0.15) is 0 Å². The van der Waals surface area contributed by atoms with Gasteiger partial charge in [-0.3, -0.25) is 0 Å². The Bertz CT molecular complexity index is 176. The van der Waals surface area contributed by atoms with E-state index in [1.54, 1.807) is 0 Å². The summed E-state index contributed by atoms with van der Waals surface area (Å²) in [5.41, 5.74) is 0.167. The summed E-state index contributed by atoms with van der Waals surface area (Å²) in [6.45, 7) is 8.81. The van der Waals surface area contributed by atoms with Crippen LogP contribution in [0.5, 0.6) is 0 Å². The highest BCUT2D eigenvalue weighted by atomic mass is 16.3. The number of rotatable bonds is 4. The molecule has 0 aliphatic rings. The van der Waals surface area contributed by atoms with Gasteiger partial charge < -0.3 is 10.4 Å². The molecule has 2 atom stereocenters. The molecule has 2 nitrogen and oxygen atoms in total. The molecule has 0 saturated carbocycles. The van der Waals surface area contributed by atoms with E-state index in [9.17, 15) is 5.11 Å². The molecule has 0 aromatic heterocycles. The molecular formula is C11H21NO. The van der Waals surface area contributed by atoms with Crippen molar-refractivity contribution in [1.29, 1.82) is 0 Å². The molecule has 2 N–H and O–H groups in total. The Morgan fingerprint density at radius 3 is 2.38 bits per heavy atom. The number of terminal acetylenes is 1. The maximum Gasteiger partial charge on any atom is 0.0670 e. The molecule has 2 unspecified atom stereocenters. The summed E-state index contributed by atoms with van der Waals surface area (Å²) in [6.07, 6.45) is 5.67. The van der Waals surface area contributed by atoms with Crippen LogP contribution in [0.15, 0.2) is 0 Å². The van der Waals surface area contributed by atoms with Gasteiger partial charge in [0.25, 0.3) is 0 Å². The van der Waals surface area contributed by atoms with Crippen molar-refractivity contribution < 1.29 is 5.11 Å². The van der Waals surface area contributed by atoms with Gasteiger partial charge in [0.05, 0.1) is 12.1 Å². The van der Waals surface area contributed by atoms with Crippen LogP contribution in [0.25, 0.3) is 0 Å². The Balaban J connectivity index is 3.65. The third-order valence-electron chi connectivity index (χ3n) is 1.76. The van der Waals surface area contributed by atoms with Gasteiger partial charge in [-0.25, -0.2) is 0 Å². The summed E-state index contributed by atoms with van der Waals surface area (Å²) in [7, 11) is 0. The Hall–Kier alpha value is -0.520. The lowest BCUT2D eigenvalue weighted by Crippen LogP contribution is -2.34. The molecule has 2 heteroatoms. The molecule has 0 rings (SSSR count). The molecule has 0 spiro atoms. The van der Waals surface area contributed by atoms with E-state index in [1.807, 2.05) is 6.92 Å². The first kappa shape index (κ1) is 12.5. The molecule has 13 heavy (non-hydrogen) atoms. The number of hydrogen-bond acceptors (Lipinski definition) is 2. The van der Waals surface area contributed by atoms with Crippen LogP contribution in [0.3, 0.4) is 0 Å². The summed E-state index contributed by atoms with van der Waals surface area (Å²) in [5.74, 6) is 2.56. The smallest absolute Gasteiger partial charge is 0.0670 e. The van der Waals surface area contributed by atoms with E-state index in [2.05, 4.69) is 32.0 Å². The quantitative estimate of drug-likeness (QED) is 0.646. The fourth-order valence-corrected chi connectivity index (χ4v) is 1.15. The van der Waals surface area contributed by atoms with Crippen molar-refractivity contribution in [3.63, 3.8) is 0 Å². The Labute approximate surface area is 81.7 Å². The monoisotopic (exact) mass is 183 g/mol. The third-order valence-corrected chi connectivity index (χ3v) is 1.76. The maximum atomic E-state index is 9.60. The molecule has 0 fully saturated rings. The van der Waals surface area contributed by atoms with Gasteiger partial charge in [-0.05, 0) is 18.8 Å². The summed E-state index contributed by atoms with van der Waals surface area (Å²) in [6, 6.07) is 0.0367. The average Bonchev–Trinajstić information content (AvgIpc) is 1.97. The van der Waals surface area contributed by atoms with Crippen molar-refractivity contribution in [2.24, 2.45) is 5.41 Å². The molecule has 76 valence electrons. The lowest BCUT2D eigenvalue weighted by atomic mass is 9.89. The number of aliphatic hydroxyl groups is 1. The summed E-state index contributed by atoms with van der Waals surface area (Å²) >= 11 is 0. The van der Waals surface area contributed by atoms with Gasteiger partial charge >= 0.3 is 0 Å². The van der Waals surface area contributed by atoms with Crippen LogP contribution in [0, 0.1) is 17.8 Å². The normalized spacial score (nSPS) is 16.3. The van der Waals surface area contributed by atoms with Crippen molar-refractivity contribution in [2.45, 2.75) is 46.3 Å². The number of aliphatic hydroxyl groups excluding tert-OH is 1. The molecule has 0 aromatic rings. The van der Waals surface area contributed by atoms with Crippen molar-refractivity contribution in [3.05, 3.63) is 0 Å². The van der Waals surface area contributed by atoms with Gasteiger partial charge in [-0.15, -0.1) is 6.42 Å². The van der Waals surface area contributed by atoms with Crippen LogP contribution in [0.1, 0.15) is 34.1 Å². The van der Waals surface area contributed by atoms with Gasteiger partial charge in [0.2, 0.25) is 0 Å². The van der Waals surface area contributed by atoms with E-state index in [4.69, 9.17) is 6.42 Å². The van der Waals surface area contributed by atoms with Crippen LogP contribution in [0.4, 0.5) is 0 Å². The Kier molecular flexibility index (Phi) is 5.05. The molecule has 0 radical (unpaired) electrons. The summed E-state index contributed by atoms with van der Waals surface area (Å²) < 4.78 is 0. The molecule has 0 aliphatic carbocycles. The number of nitrogens with one attached hydrogen (secondary N) is 1. The highest BCUT2D eigenvalue weighted by Crippen LogP contribution is 2.20. The highest BCUT2D eigenvalue weighted by molar-refractivity contribution is 4.95. The molecule has 0 amide bonds. The predicted molar refractivity (Wildman–Crippen MR) is 56.4 cm³/mol. The minimum Gasteiger partial charge on any atom is -0.392 e. The zero-order chi connectivity index (χ0) is 10.5. The molecular weight excluding hydrogens is 162 g/mol. The maximum absolute atomic E-state index is 9.60. The van der Waals surface area contributed by atoms with Crippen molar-refractivity contribution in [3.8, 4) is 12.3 Å². The minimum absolute atomic E-state index is 0.0367. The average molecular weight is 183 g/mol. The largest absolute Gasteiger partial charge is 0.392 e. The van der Waals surface area contributed by atoms with Crippen LogP contribution in [-0.4, -0.2) is 23.8 Å². The van der Waals surface area contributed by atoms with Crippen molar-refractivity contribution >= 4 is 0 Å². The third kappa shape index (κ3) is 7.83. The zero-order valence-electron chi connectivity index (χ0n) is 9.09. The zero-order valence-corrected chi connectivity index (χ0v) is 9.09. The van der Waals surface area contributed by atoms with Crippen molar-refractivity contribution in [1.82, 2.24) is 5.32 Å². The van der Waals surface area contributed by atoms with E-state index < -0.39 is 0 Å². The SMILES string of the molecule is C#CC(C)NCC(O)CC(C)(C)C. The molecule has 0 heterocycles. The Morgan fingerprint density at radius 2 is 2.00 bits per heavy atom. The van der Waals surface area contributed by atoms with E-state index in [0.717, 1.165) is 6.42 Å². The summed E-state index contributed by atoms with van der Waals surface area (Å²) in [4.78, 5) is 0. The van der Waals surface area contributed by atoms with Crippen LogP contribution in [0.2, 0.25) is 0 Å². The minimum atomic E-state index is -0.309. The lowest BCUT2D eigenvalue weighted by Gasteiger charge is -2.23. The van der Waals surface area contributed by atoms with E-state index in [0.29, 0.717) is 6.54 Å². The number of hydrogen-bond donors (Lipinski definition) is 2. The second-order valence-corrected chi connectivity index (χ2v) is 4.72. The topological polar surface area (TPSA) is 32.3 Å². The molecule has 0 bridgehead atoms. The van der Waals surface area contributed by atoms with E-state index in [1.165, 1.54) is 0 Å². The second-order valence-electron chi connectivity index (χ2n) is 4.72. The fraction of sp³-hybridized carbons (Fsp3) is 0.818. The highest BCUT2D eigenvalue weighted by Gasteiger charge is 2.16. The summed E-state index contributed by atoms with van der Waals surface area (Å²) in [5, 5.41) is 12.7. The van der Waals surface area contributed by atoms with Gasteiger partial charge in [0.1, 0.15) is 0 Å².